The number of hydrogen-bond donors (Lipinski definition) is 1. The summed E-state index contributed by atoms with van der Waals surface area (Å²) in [6.45, 7) is 0.233. The molecule has 1 aromatic heterocycles. The van der Waals surface area contributed by atoms with Gasteiger partial charge in [-0.15, -0.1) is 0 Å². The van der Waals surface area contributed by atoms with E-state index in [4.69, 9.17) is 32.4 Å². The molecule has 0 saturated carbocycles. The maximum absolute atomic E-state index is 12.7. The molecule has 0 bridgehead atoms. The molecule has 33 heavy (non-hydrogen) atoms. The van der Waals surface area contributed by atoms with Gasteiger partial charge in [0.25, 0.3) is 11.1 Å². The number of benzene rings is 2. The first-order valence-electron chi connectivity index (χ1n) is 9.58. The highest BCUT2D eigenvalue weighted by atomic mass is 35.5. The van der Waals surface area contributed by atoms with Crippen molar-refractivity contribution in [1.82, 2.24) is 4.90 Å². The quantitative estimate of drug-likeness (QED) is 0.390. The molecule has 1 aliphatic rings. The van der Waals surface area contributed by atoms with Crippen molar-refractivity contribution in [3.8, 4) is 17.1 Å². The lowest BCUT2D eigenvalue weighted by Gasteiger charge is -2.13. The van der Waals surface area contributed by atoms with E-state index in [0.29, 0.717) is 27.9 Å². The van der Waals surface area contributed by atoms with Crippen LogP contribution in [-0.4, -0.2) is 40.3 Å². The van der Waals surface area contributed by atoms with Gasteiger partial charge in [-0.05, 0) is 66.4 Å². The minimum atomic E-state index is -1.15. The summed E-state index contributed by atoms with van der Waals surface area (Å²) < 4.78 is 11.3. The van der Waals surface area contributed by atoms with Gasteiger partial charge in [-0.2, -0.15) is 0 Å². The number of halogens is 2. The molecule has 2 aromatic carbocycles. The summed E-state index contributed by atoms with van der Waals surface area (Å²) in [5, 5.41) is 9.53. The maximum Gasteiger partial charge on any atom is 0.337 e. The third-order valence-corrected chi connectivity index (χ3v) is 6.14. The second kappa shape index (κ2) is 9.74. The second-order valence-electron chi connectivity index (χ2n) is 6.84. The highest BCUT2D eigenvalue weighted by Gasteiger charge is 2.35. The number of rotatable bonds is 7. The average Bonchev–Trinajstić information content (AvgIpc) is 3.35. The van der Waals surface area contributed by atoms with E-state index in [1.807, 2.05) is 0 Å². The third kappa shape index (κ3) is 5.24. The topological polar surface area (TPSA) is 97.0 Å². The summed E-state index contributed by atoms with van der Waals surface area (Å²) in [7, 11) is 0. The van der Waals surface area contributed by atoms with Gasteiger partial charge >= 0.3 is 5.97 Å². The molecule has 7 nitrogen and oxygen atoms in total. The number of carbonyl (C=O) groups is 3. The number of carboxylic acids is 1. The van der Waals surface area contributed by atoms with Crippen molar-refractivity contribution in [2.24, 2.45) is 0 Å². The number of carbonyl (C=O) groups excluding carboxylic acids is 2. The van der Waals surface area contributed by atoms with Crippen molar-refractivity contribution in [2.75, 3.05) is 13.2 Å². The van der Waals surface area contributed by atoms with Crippen LogP contribution in [0.4, 0.5) is 4.79 Å². The Hall–Kier alpha value is -3.20. The zero-order valence-corrected chi connectivity index (χ0v) is 19.1. The van der Waals surface area contributed by atoms with Crippen LogP contribution in [0, 0.1) is 0 Å². The summed E-state index contributed by atoms with van der Waals surface area (Å²) in [4.78, 5) is 37.6. The van der Waals surface area contributed by atoms with E-state index in [1.165, 1.54) is 18.2 Å². The van der Waals surface area contributed by atoms with Gasteiger partial charge in [0, 0.05) is 16.7 Å². The smallest absolute Gasteiger partial charge is 0.337 e. The SMILES string of the molecule is O=C(O)c1cc(-c2ccc(/C=C3\SC(=O)N(CCOc4ccc(Cl)cc4)C3=O)o2)ccc1Cl. The van der Waals surface area contributed by atoms with Crippen molar-refractivity contribution in [3.05, 3.63) is 80.9 Å². The zero-order chi connectivity index (χ0) is 23.5. The first kappa shape index (κ1) is 23.0. The van der Waals surface area contributed by atoms with Crippen LogP contribution in [0.3, 0.4) is 0 Å². The van der Waals surface area contributed by atoms with Crippen LogP contribution >= 0.6 is 35.0 Å². The zero-order valence-electron chi connectivity index (χ0n) is 16.8. The molecular weight excluding hydrogens is 489 g/mol. The number of furan rings is 1. The van der Waals surface area contributed by atoms with Gasteiger partial charge in [-0.25, -0.2) is 4.79 Å². The van der Waals surface area contributed by atoms with Gasteiger partial charge in [0.1, 0.15) is 23.9 Å². The normalized spacial score (nSPS) is 14.8. The molecule has 1 N–H and O–H groups in total. The van der Waals surface area contributed by atoms with Crippen LogP contribution in [-0.2, 0) is 4.79 Å². The van der Waals surface area contributed by atoms with Gasteiger partial charge in [-0.1, -0.05) is 23.2 Å². The molecule has 10 heteroatoms. The predicted molar refractivity (Wildman–Crippen MR) is 126 cm³/mol. The highest BCUT2D eigenvalue weighted by molar-refractivity contribution is 8.18. The van der Waals surface area contributed by atoms with E-state index in [9.17, 15) is 19.5 Å². The van der Waals surface area contributed by atoms with E-state index in [1.54, 1.807) is 42.5 Å². The lowest BCUT2D eigenvalue weighted by Crippen LogP contribution is -2.32. The molecule has 0 aliphatic carbocycles. The molecule has 1 saturated heterocycles. The summed E-state index contributed by atoms with van der Waals surface area (Å²) in [6.07, 6.45) is 1.47. The summed E-state index contributed by atoms with van der Waals surface area (Å²) in [5.74, 6) is -0.265. The summed E-state index contributed by atoms with van der Waals surface area (Å²) in [5.41, 5.74) is 0.470. The first-order chi connectivity index (χ1) is 15.8. The Kier molecular flexibility index (Phi) is 6.78. The molecular formula is C23H15Cl2NO6S. The Morgan fingerprint density at radius 3 is 2.58 bits per heavy atom. The van der Waals surface area contributed by atoms with Crippen LogP contribution in [0.5, 0.6) is 5.75 Å². The Morgan fingerprint density at radius 1 is 1.09 bits per heavy atom. The number of aromatic carboxylic acids is 1. The number of imide groups is 1. The van der Waals surface area contributed by atoms with Crippen LogP contribution < -0.4 is 4.74 Å². The molecule has 168 valence electrons. The van der Waals surface area contributed by atoms with Crippen LogP contribution in [0.2, 0.25) is 10.0 Å². The predicted octanol–water partition coefficient (Wildman–Crippen LogP) is 6.07. The third-order valence-electron chi connectivity index (χ3n) is 4.65. The number of hydrogen-bond acceptors (Lipinski definition) is 6. The van der Waals surface area contributed by atoms with Crippen molar-refractivity contribution in [1.29, 1.82) is 0 Å². The highest BCUT2D eigenvalue weighted by Crippen LogP contribution is 2.34. The van der Waals surface area contributed by atoms with Gasteiger partial charge in [0.15, 0.2) is 0 Å². The van der Waals surface area contributed by atoms with Gasteiger partial charge in [-0.3, -0.25) is 14.5 Å². The van der Waals surface area contributed by atoms with E-state index in [-0.39, 0.29) is 28.6 Å². The maximum atomic E-state index is 12.7. The minimum Gasteiger partial charge on any atom is -0.492 e. The fourth-order valence-electron chi connectivity index (χ4n) is 3.04. The number of carboxylic acid groups (broad SMARTS) is 1. The molecule has 2 amide bonds. The van der Waals surface area contributed by atoms with Crippen molar-refractivity contribution < 1.29 is 28.6 Å². The molecule has 4 rings (SSSR count). The van der Waals surface area contributed by atoms with Gasteiger partial charge in [0.05, 0.1) is 22.0 Å². The first-order valence-corrected chi connectivity index (χ1v) is 11.2. The van der Waals surface area contributed by atoms with Crippen LogP contribution in [0.15, 0.2) is 63.9 Å². The molecule has 2 heterocycles. The molecule has 3 aromatic rings. The summed E-state index contributed by atoms with van der Waals surface area (Å²) in [6, 6.07) is 14.5. The number of amides is 2. The molecule has 0 atom stereocenters. The fourth-order valence-corrected chi connectivity index (χ4v) is 4.21. The van der Waals surface area contributed by atoms with Crippen LogP contribution in [0.25, 0.3) is 17.4 Å². The second-order valence-corrected chi connectivity index (χ2v) is 8.67. The van der Waals surface area contributed by atoms with E-state index >= 15 is 0 Å². The lowest BCUT2D eigenvalue weighted by molar-refractivity contribution is -0.123. The Morgan fingerprint density at radius 2 is 1.85 bits per heavy atom. The van der Waals surface area contributed by atoms with E-state index < -0.39 is 17.1 Å². The monoisotopic (exact) mass is 503 g/mol. The van der Waals surface area contributed by atoms with E-state index in [2.05, 4.69) is 0 Å². The number of nitrogens with zero attached hydrogens (tertiary/aromatic N) is 1. The van der Waals surface area contributed by atoms with Crippen LogP contribution in [0.1, 0.15) is 16.1 Å². The molecule has 1 fully saturated rings. The molecule has 0 spiro atoms. The lowest BCUT2D eigenvalue weighted by atomic mass is 10.1. The van der Waals surface area contributed by atoms with Crippen molar-refractivity contribution in [2.45, 2.75) is 0 Å². The molecule has 0 unspecified atom stereocenters. The minimum absolute atomic E-state index is 0.0472. The standard InChI is InChI=1S/C23H15Cl2NO6S/c24-14-2-4-15(5-3-14)31-10-9-26-21(27)20(33-23(26)30)12-16-6-8-19(32-16)13-1-7-18(25)17(11-13)22(28)29/h1-8,11-12H,9-10H2,(H,28,29)/b20-12-. The fraction of sp³-hybridized carbons (Fsp3) is 0.0870. The Balaban J connectivity index is 1.43. The summed E-state index contributed by atoms with van der Waals surface area (Å²) >= 11 is 12.5. The number of thioether (sulfide) groups is 1. The number of ether oxygens (including phenoxy) is 1. The Labute approximate surface area is 202 Å². The Bertz CT molecular complexity index is 1270. The largest absolute Gasteiger partial charge is 0.492 e. The average molecular weight is 504 g/mol. The van der Waals surface area contributed by atoms with E-state index in [0.717, 1.165) is 16.7 Å². The van der Waals surface area contributed by atoms with Crippen molar-refractivity contribution in [3.63, 3.8) is 0 Å². The molecule has 0 radical (unpaired) electrons. The van der Waals surface area contributed by atoms with Gasteiger partial charge < -0.3 is 14.3 Å². The van der Waals surface area contributed by atoms with Crippen molar-refractivity contribution >= 4 is 58.2 Å². The van der Waals surface area contributed by atoms with Gasteiger partial charge in [0.2, 0.25) is 0 Å². The molecule has 1 aliphatic heterocycles.